The van der Waals surface area contributed by atoms with Crippen molar-refractivity contribution in [2.75, 3.05) is 39.3 Å². The Kier molecular flexibility index (Phi) is 10.6. The summed E-state index contributed by atoms with van der Waals surface area (Å²) >= 11 is 6.27. The van der Waals surface area contributed by atoms with E-state index in [2.05, 4.69) is 21.2 Å². The third-order valence-electron chi connectivity index (χ3n) is 4.05. The Morgan fingerprint density at radius 2 is 1.85 bits per heavy atom. The number of ether oxygens (including phenoxy) is 3. The van der Waals surface area contributed by atoms with Gasteiger partial charge in [-0.05, 0) is 36.2 Å². The monoisotopic (exact) mass is 476 g/mol. The zero-order valence-electron chi connectivity index (χ0n) is 18.2. The van der Waals surface area contributed by atoms with E-state index in [-0.39, 0.29) is 29.0 Å². The van der Waals surface area contributed by atoms with Gasteiger partial charge < -0.3 is 24.8 Å². The lowest BCUT2D eigenvalue weighted by molar-refractivity contribution is -0.139. The first kappa shape index (κ1) is 25.6. The van der Waals surface area contributed by atoms with Gasteiger partial charge in [0.05, 0.1) is 18.3 Å². The molecule has 0 aliphatic heterocycles. The number of carbonyl (C=O) groups is 3. The first-order chi connectivity index (χ1) is 15.9. The van der Waals surface area contributed by atoms with Crippen LogP contribution in [-0.2, 0) is 19.1 Å². The van der Waals surface area contributed by atoms with Crippen LogP contribution in [0, 0.1) is 0 Å². The van der Waals surface area contributed by atoms with Crippen LogP contribution in [0.3, 0.4) is 0 Å². The summed E-state index contributed by atoms with van der Waals surface area (Å²) in [5.74, 6) is -1.65. The summed E-state index contributed by atoms with van der Waals surface area (Å²) in [6.07, 6.45) is 1.87. The lowest BCUT2D eigenvalue weighted by Crippen LogP contribution is -2.38. The van der Waals surface area contributed by atoms with E-state index in [9.17, 15) is 14.4 Å². The van der Waals surface area contributed by atoms with Gasteiger partial charge in [0.1, 0.15) is 0 Å². The number of hydrogen-bond acceptors (Lipinski definition) is 7. The first-order valence-electron chi connectivity index (χ1n) is 9.90. The third-order valence-corrected chi connectivity index (χ3v) is 4.33. The summed E-state index contributed by atoms with van der Waals surface area (Å²) in [5.41, 5.74) is 3.24. The van der Waals surface area contributed by atoms with Crippen molar-refractivity contribution >= 4 is 41.2 Å². The molecule has 176 valence electrons. The van der Waals surface area contributed by atoms with E-state index in [0.29, 0.717) is 30.8 Å². The second-order valence-corrected chi connectivity index (χ2v) is 6.95. The van der Waals surface area contributed by atoms with Crippen LogP contribution in [-0.4, -0.2) is 57.9 Å². The second-order valence-electron chi connectivity index (χ2n) is 6.54. The molecule has 0 radical (unpaired) electrons. The van der Waals surface area contributed by atoms with E-state index in [4.69, 9.17) is 25.8 Å². The normalized spacial score (nSPS) is 10.5. The highest BCUT2D eigenvalue weighted by Crippen LogP contribution is 2.36. The number of hydrazone groups is 1. The number of halogens is 1. The van der Waals surface area contributed by atoms with Gasteiger partial charge in [-0.25, -0.2) is 5.43 Å². The maximum absolute atomic E-state index is 12.1. The van der Waals surface area contributed by atoms with Gasteiger partial charge in [0, 0.05) is 25.9 Å². The molecule has 2 rings (SSSR count). The minimum absolute atomic E-state index is 0.172. The van der Waals surface area contributed by atoms with Gasteiger partial charge in [0.25, 0.3) is 5.91 Å². The molecule has 0 spiro atoms. The molecular weight excluding hydrogens is 452 g/mol. The van der Waals surface area contributed by atoms with Crippen LogP contribution in [0.1, 0.15) is 12.0 Å². The minimum Gasteiger partial charge on any atom is -0.493 e. The highest BCUT2D eigenvalue weighted by molar-refractivity contribution is 6.35. The molecule has 0 aromatic heterocycles. The number of para-hydroxylation sites is 1. The predicted octanol–water partition coefficient (Wildman–Crippen LogP) is 1.97. The van der Waals surface area contributed by atoms with E-state index >= 15 is 0 Å². The fourth-order valence-corrected chi connectivity index (χ4v) is 2.80. The molecule has 0 unspecified atom stereocenters. The quantitative estimate of drug-likeness (QED) is 0.197. The maximum atomic E-state index is 12.1. The molecule has 0 saturated heterocycles. The number of amides is 3. The summed E-state index contributed by atoms with van der Waals surface area (Å²) in [6, 6.07) is 12.0. The van der Waals surface area contributed by atoms with Crippen LogP contribution in [0.15, 0.2) is 47.6 Å². The van der Waals surface area contributed by atoms with Crippen molar-refractivity contribution in [1.82, 2.24) is 10.7 Å². The predicted molar refractivity (Wildman–Crippen MR) is 124 cm³/mol. The number of nitrogens with one attached hydrogen (secondary N) is 3. The summed E-state index contributed by atoms with van der Waals surface area (Å²) < 4.78 is 15.7. The van der Waals surface area contributed by atoms with Crippen molar-refractivity contribution in [2.45, 2.75) is 6.42 Å². The summed E-state index contributed by atoms with van der Waals surface area (Å²) in [6.45, 7) is 0.495. The number of benzene rings is 2. The van der Waals surface area contributed by atoms with Crippen molar-refractivity contribution < 1.29 is 28.6 Å². The number of methoxy groups -OCH3 is 2. The Morgan fingerprint density at radius 1 is 1.09 bits per heavy atom. The molecule has 0 fully saturated rings. The largest absolute Gasteiger partial charge is 0.493 e. The molecule has 0 atom stereocenters. The molecule has 0 heterocycles. The Bertz CT molecular complexity index is 984. The first-order valence-corrected chi connectivity index (χ1v) is 10.3. The number of nitrogens with zero attached hydrogens (tertiary/aromatic N) is 1. The topological polar surface area (TPSA) is 127 Å². The van der Waals surface area contributed by atoms with Crippen molar-refractivity contribution in [1.29, 1.82) is 0 Å². The van der Waals surface area contributed by atoms with Crippen LogP contribution in [0.25, 0.3) is 0 Å². The molecule has 0 bridgehead atoms. The van der Waals surface area contributed by atoms with Crippen molar-refractivity contribution in [2.24, 2.45) is 5.10 Å². The fraction of sp³-hybridized carbons (Fsp3) is 0.273. The van der Waals surface area contributed by atoms with Crippen LogP contribution >= 0.6 is 11.6 Å². The molecule has 0 saturated carbocycles. The Balaban J connectivity index is 1.92. The summed E-state index contributed by atoms with van der Waals surface area (Å²) in [5, 5.41) is 9.06. The van der Waals surface area contributed by atoms with Crippen molar-refractivity contribution in [3.63, 3.8) is 0 Å². The average Bonchev–Trinajstić information content (AvgIpc) is 2.81. The van der Waals surface area contributed by atoms with E-state index < -0.39 is 11.8 Å². The van der Waals surface area contributed by atoms with Gasteiger partial charge in [-0.15, -0.1) is 0 Å². The van der Waals surface area contributed by atoms with Crippen LogP contribution in [0.4, 0.5) is 5.69 Å². The van der Waals surface area contributed by atoms with E-state index in [0.717, 1.165) is 0 Å². The van der Waals surface area contributed by atoms with Crippen molar-refractivity contribution in [3.8, 4) is 11.5 Å². The lowest BCUT2D eigenvalue weighted by Gasteiger charge is -2.13. The van der Waals surface area contributed by atoms with E-state index in [1.165, 1.54) is 19.4 Å². The number of rotatable bonds is 11. The number of carbonyl (C=O) groups excluding carboxylic acids is 3. The third kappa shape index (κ3) is 8.79. The number of anilines is 1. The molecule has 0 aliphatic carbocycles. The Morgan fingerprint density at radius 3 is 2.55 bits per heavy atom. The van der Waals surface area contributed by atoms with Gasteiger partial charge >= 0.3 is 11.8 Å². The summed E-state index contributed by atoms with van der Waals surface area (Å²) in [7, 11) is 2.96. The molecule has 11 heteroatoms. The molecule has 3 N–H and O–H groups in total. The second kappa shape index (κ2) is 13.7. The molecule has 10 nitrogen and oxygen atoms in total. The van der Waals surface area contributed by atoms with Crippen molar-refractivity contribution in [3.05, 3.63) is 53.1 Å². The standard InChI is InChI=1S/C22H25ClN4O6/c1-31-10-6-9-24-21(29)22(30)27-25-13-15-11-17(23)20(18(12-15)32-2)33-14-19(28)26-16-7-4-3-5-8-16/h3-5,7-8,11-13H,6,9-10,14H2,1-2H3,(H,24,29)(H,26,28)(H,27,30)/b25-13-. The SMILES string of the molecule is COCCCNC(=O)C(=O)N/N=C\c1cc(Cl)c(OCC(=O)Nc2ccccc2)c(OC)c1. The Hall–Kier alpha value is -3.63. The van der Waals surface area contributed by atoms with E-state index in [1.54, 1.807) is 37.4 Å². The van der Waals surface area contributed by atoms with Crippen LogP contribution in [0.2, 0.25) is 5.02 Å². The Labute approximate surface area is 196 Å². The lowest BCUT2D eigenvalue weighted by atomic mass is 10.2. The van der Waals surface area contributed by atoms with Gasteiger partial charge in [0.2, 0.25) is 0 Å². The molecule has 0 aliphatic rings. The van der Waals surface area contributed by atoms with Gasteiger partial charge in [-0.2, -0.15) is 5.10 Å². The maximum Gasteiger partial charge on any atom is 0.329 e. The van der Waals surface area contributed by atoms with Crippen LogP contribution in [0.5, 0.6) is 11.5 Å². The molecule has 33 heavy (non-hydrogen) atoms. The van der Waals surface area contributed by atoms with Gasteiger partial charge in [-0.1, -0.05) is 29.8 Å². The van der Waals surface area contributed by atoms with Crippen LogP contribution < -0.4 is 25.5 Å². The summed E-state index contributed by atoms with van der Waals surface area (Å²) in [4.78, 5) is 35.5. The molecular formula is C22H25ClN4O6. The highest BCUT2D eigenvalue weighted by Gasteiger charge is 2.14. The zero-order valence-corrected chi connectivity index (χ0v) is 19.0. The fourth-order valence-electron chi connectivity index (χ4n) is 2.53. The molecule has 2 aromatic rings. The van der Waals surface area contributed by atoms with E-state index in [1.807, 2.05) is 6.07 Å². The average molecular weight is 477 g/mol. The zero-order chi connectivity index (χ0) is 24.1. The molecule has 3 amide bonds. The smallest absolute Gasteiger partial charge is 0.329 e. The van der Waals surface area contributed by atoms with Gasteiger partial charge in [0.15, 0.2) is 18.1 Å². The number of hydrogen-bond donors (Lipinski definition) is 3. The highest BCUT2D eigenvalue weighted by atomic mass is 35.5. The minimum atomic E-state index is -0.911. The van der Waals surface area contributed by atoms with Gasteiger partial charge in [-0.3, -0.25) is 14.4 Å². The molecule has 2 aromatic carbocycles.